The number of hydrogen-bond donors (Lipinski definition) is 3. The van der Waals surface area contributed by atoms with Gasteiger partial charge >= 0.3 is 5.97 Å². The molecular formula is C17H28N2O3. The Morgan fingerprint density at radius 2 is 1.82 bits per heavy atom. The molecule has 5 heteroatoms. The first kappa shape index (κ1) is 18.5. The summed E-state index contributed by atoms with van der Waals surface area (Å²) in [7, 11) is 0. The number of carboxylic acid groups (broad SMARTS) is 1. The number of hydrogen-bond acceptors (Lipinski definition) is 4. The summed E-state index contributed by atoms with van der Waals surface area (Å²) in [5, 5.41) is 9.45. The second-order valence-corrected chi connectivity index (χ2v) is 5.57. The quantitative estimate of drug-likeness (QED) is 0.576. The summed E-state index contributed by atoms with van der Waals surface area (Å²) in [6.45, 7) is 5.69. The van der Waals surface area contributed by atoms with Crippen LogP contribution in [0.1, 0.15) is 52.7 Å². The third-order valence-corrected chi connectivity index (χ3v) is 3.85. The molecule has 0 saturated carbocycles. The van der Waals surface area contributed by atoms with Crippen molar-refractivity contribution < 1.29 is 14.6 Å². The van der Waals surface area contributed by atoms with Crippen molar-refractivity contribution >= 4 is 5.97 Å². The molecule has 0 atom stereocenters. The van der Waals surface area contributed by atoms with E-state index >= 15 is 0 Å². The highest BCUT2D eigenvalue weighted by Gasteiger charge is 2.19. The number of aromatic carboxylic acids is 1. The van der Waals surface area contributed by atoms with Crippen molar-refractivity contribution in [2.75, 3.05) is 19.7 Å². The molecule has 1 rings (SSSR count). The van der Waals surface area contributed by atoms with Crippen LogP contribution < -0.4 is 16.2 Å². The van der Waals surface area contributed by atoms with Gasteiger partial charge in [-0.1, -0.05) is 0 Å². The average molecular weight is 308 g/mol. The van der Waals surface area contributed by atoms with Gasteiger partial charge in [0.1, 0.15) is 5.75 Å². The highest BCUT2D eigenvalue weighted by atomic mass is 16.5. The number of aryl methyl sites for hydroxylation is 1. The molecule has 0 aliphatic carbocycles. The van der Waals surface area contributed by atoms with Crippen molar-refractivity contribution in [3.8, 4) is 5.75 Å². The van der Waals surface area contributed by atoms with Crippen molar-refractivity contribution in [3.05, 3.63) is 28.3 Å². The van der Waals surface area contributed by atoms with Crippen LogP contribution in [0, 0.1) is 13.8 Å². The monoisotopic (exact) mass is 308 g/mol. The first-order chi connectivity index (χ1) is 10.5. The summed E-state index contributed by atoms with van der Waals surface area (Å²) in [5.74, 6) is -0.193. The van der Waals surface area contributed by atoms with Crippen molar-refractivity contribution in [3.63, 3.8) is 0 Å². The molecule has 0 amide bonds. The van der Waals surface area contributed by atoms with Crippen LogP contribution in [0.4, 0.5) is 0 Å². The first-order valence-corrected chi connectivity index (χ1v) is 7.92. The number of benzene rings is 1. The molecule has 1 aromatic carbocycles. The predicted molar refractivity (Wildman–Crippen MR) is 88.7 cm³/mol. The van der Waals surface area contributed by atoms with Gasteiger partial charge in [0.25, 0.3) is 0 Å². The van der Waals surface area contributed by atoms with E-state index in [0.717, 1.165) is 48.1 Å². The van der Waals surface area contributed by atoms with Crippen LogP contribution in [-0.2, 0) is 6.42 Å². The summed E-state index contributed by atoms with van der Waals surface area (Å²) < 4.78 is 5.94. The number of unbranched alkanes of at least 4 members (excludes halogenated alkanes) is 2. The van der Waals surface area contributed by atoms with Crippen molar-refractivity contribution in [2.45, 2.75) is 46.0 Å². The molecule has 0 spiro atoms. The smallest absolute Gasteiger partial charge is 0.336 e. The number of ether oxygens (including phenoxy) is 1. The van der Waals surface area contributed by atoms with E-state index in [1.54, 1.807) is 6.07 Å². The van der Waals surface area contributed by atoms with Crippen molar-refractivity contribution in [2.24, 2.45) is 11.5 Å². The van der Waals surface area contributed by atoms with E-state index in [1.807, 2.05) is 13.8 Å². The Labute approximate surface area is 132 Å². The Balaban J connectivity index is 3.01. The van der Waals surface area contributed by atoms with Crippen LogP contribution in [0.5, 0.6) is 5.75 Å². The van der Waals surface area contributed by atoms with E-state index in [9.17, 15) is 9.90 Å². The second kappa shape index (κ2) is 9.43. The van der Waals surface area contributed by atoms with Gasteiger partial charge in [-0.25, -0.2) is 4.79 Å². The molecule has 0 radical (unpaired) electrons. The van der Waals surface area contributed by atoms with E-state index < -0.39 is 5.97 Å². The molecular weight excluding hydrogens is 280 g/mol. The minimum Gasteiger partial charge on any atom is -0.493 e. The largest absolute Gasteiger partial charge is 0.493 e. The van der Waals surface area contributed by atoms with Crippen LogP contribution in [0.15, 0.2) is 6.07 Å². The van der Waals surface area contributed by atoms with E-state index in [-0.39, 0.29) is 0 Å². The third kappa shape index (κ3) is 5.00. The average Bonchev–Trinajstić information content (AvgIpc) is 2.49. The number of carboxylic acids is 1. The summed E-state index contributed by atoms with van der Waals surface area (Å²) >= 11 is 0. The Kier molecular flexibility index (Phi) is 7.91. The fraction of sp³-hybridized carbons (Fsp3) is 0.588. The van der Waals surface area contributed by atoms with Crippen LogP contribution >= 0.6 is 0 Å². The summed E-state index contributed by atoms with van der Waals surface area (Å²) in [6, 6.07) is 1.73. The molecule has 1 aromatic rings. The van der Waals surface area contributed by atoms with Gasteiger partial charge in [0.05, 0.1) is 12.2 Å². The zero-order chi connectivity index (χ0) is 16.5. The second-order valence-electron chi connectivity index (χ2n) is 5.57. The van der Waals surface area contributed by atoms with Gasteiger partial charge in [-0.15, -0.1) is 0 Å². The highest BCUT2D eigenvalue weighted by molar-refractivity contribution is 5.91. The molecule has 5 nitrogen and oxygen atoms in total. The van der Waals surface area contributed by atoms with E-state index in [2.05, 4.69) is 0 Å². The third-order valence-electron chi connectivity index (χ3n) is 3.85. The maximum absolute atomic E-state index is 11.5. The SMILES string of the molecule is Cc1cc(C(=O)O)c(CCCN)c(OCCCCCN)c1C. The maximum atomic E-state index is 11.5. The van der Waals surface area contributed by atoms with Gasteiger partial charge in [-0.2, -0.15) is 0 Å². The minimum atomic E-state index is -0.914. The zero-order valence-corrected chi connectivity index (χ0v) is 13.7. The first-order valence-electron chi connectivity index (χ1n) is 7.92. The Morgan fingerprint density at radius 3 is 2.41 bits per heavy atom. The van der Waals surface area contributed by atoms with Gasteiger partial charge < -0.3 is 21.3 Å². The van der Waals surface area contributed by atoms with Gasteiger partial charge in [-0.3, -0.25) is 0 Å². The Bertz CT molecular complexity index is 501. The van der Waals surface area contributed by atoms with Crippen LogP contribution in [0.2, 0.25) is 0 Å². The number of rotatable bonds is 10. The number of nitrogens with two attached hydrogens (primary N) is 2. The van der Waals surface area contributed by atoms with E-state index in [4.69, 9.17) is 16.2 Å². The molecule has 0 saturated heterocycles. The molecule has 0 bridgehead atoms. The lowest BCUT2D eigenvalue weighted by Gasteiger charge is -2.18. The molecule has 0 fully saturated rings. The van der Waals surface area contributed by atoms with Gasteiger partial charge in [0.15, 0.2) is 0 Å². The normalized spacial score (nSPS) is 10.7. The van der Waals surface area contributed by atoms with Crippen molar-refractivity contribution in [1.29, 1.82) is 0 Å². The molecule has 0 aromatic heterocycles. The summed E-state index contributed by atoms with van der Waals surface area (Å²) in [4.78, 5) is 11.5. The van der Waals surface area contributed by atoms with Gasteiger partial charge in [0, 0.05) is 5.56 Å². The number of carbonyl (C=O) groups is 1. The molecule has 22 heavy (non-hydrogen) atoms. The van der Waals surface area contributed by atoms with Crippen LogP contribution in [0.25, 0.3) is 0 Å². The van der Waals surface area contributed by atoms with Crippen molar-refractivity contribution in [1.82, 2.24) is 0 Å². The maximum Gasteiger partial charge on any atom is 0.336 e. The van der Waals surface area contributed by atoms with Crippen LogP contribution in [0.3, 0.4) is 0 Å². The molecule has 0 aliphatic rings. The Hall–Kier alpha value is -1.59. The predicted octanol–water partition coefficient (Wildman–Crippen LogP) is 2.40. The molecule has 0 unspecified atom stereocenters. The van der Waals surface area contributed by atoms with E-state index in [1.165, 1.54) is 0 Å². The molecule has 124 valence electrons. The van der Waals surface area contributed by atoms with Gasteiger partial charge in [0.2, 0.25) is 0 Å². The molecule has 0 aliphatic heterocycles. The molecule has 0 heterocycles. The molecule has 5 N–H and O–H groups in total. The fourth-order valence-corrected chi connectivity index (χ4v) is 2.45. The lowest BCUT2D eigenvalue weighted by Crippen LogP contribution is -2.11. The lowest BCUT2D eigenvalue weighted by molar-refractivity contribution is 0.0695. The summed E-state index contributed by atoms with van der Waals surface area (Å²) in [5.41, 5.74) is 14.1. The van der Waals surface area contributed by atoms with Gasteiger partial charge in [-0.05, 0) is 76.2 Å². The Morgan fingerprint density at radius 1 is 1.14 bits per heavy atom. The van der Waals surface area contributed by atoms with E-state index in [0.29, 0.717) is 31.7 Å². The van der Waals surface area contributed by atoms with Crippen LogP contribution in [-0.4, -0.2) is 30.8 Å². The minimum absolute atomic E-state index is 0.327. The topological polar surface area (TPSA) is 98.6 Å². The standard InChI is InChI=1S/C17H28N2O3/c1-12-11-15(17(20)21)14(7-6-9-19)16(13(12)2)22-10-5-3-4-8-18/h11H,3-10,18-19H2,1-2H3,(H,20,21). The fourth-order valence-electron chi connectivity index (χ4n) is 2.45. The zero-order valence-electron chi connectivity index (χ0n) is 13.7. The highest BCUT2D eigenvalue weighted by Crippen LogP contribution is 2.31. The lowest BCUT2D eigenvalue weighted by atomic mass is 9.95. The summed E-state index contributed by atoms with van der Waals surface area (Å²) in [6.07, 6.45) is 4.29.